The van der Waals surface area contributed by atoms with E-state index in [0.717, 1.165) is 10.7 Å². The van der Waals surface area contributed by atoms with E-state index in [-0.39, 0.29) is 5.56 Å². The molecule has 21 heavy (non-hydrogen) atoms. The third kappa shape index (κ3) is 2.91. The highest BCUT2D eigenvalue weighted by atomic mass is 35.5. The predicted molar refractivity (Wildman–Crippen MR) is 85.4 cm³/mol. The molecule has 0 spiro atoms. The first-order chi connectivity index (χ1) is 10.0. The molecule has 2 heterocycles. The predicted octanol–water partition coefficient (Wildman–Crippen LogP) is 2.75. The molecule has 108 valence electrons. The van der Waals surface area contributed by atoms with E-state index in [1.165, 1.54) is 21.9 Å². The molecule has 0 amide bonds. The van der Waals surface area contributed by atoms with Crippen LogP contribution >= 0.6 is 22.9 Å². The number of nitrogens with zero attached hydrogens (tertiary/aromatic N) is 4. The summed E-state index contributed by atoms with van der Waals surface area (Å²) in [5, 5.41) is 5.79. The maximum atomic E-state index is 11.9. The van der Waals surface area contributed by atoms with Crippen molar-refractivity contribution < 1.29 is 0 Å². The minimum atomic E-state index is -0.153. The van der Waals surface area contributed by atoms with Crippen molar-refractivity contribution in [2.45, 2.75) is 13.5 Å². The Morgan fingerprint density at radius 2 is 2.05 bits per heavy atom. The van der Waals surface area contributed by atoms with Crippen molar-refractivity contribution in [2.75, 3.05) is 11.9 Å². The topological polar surface area (TPSA) is 50.5 Å². The number of rotatable bonds is 3. The summed E-state index contributed by atoms with van der Waals surface area (Å²) in [5.41, 5.74) is 1.67. The molecule has 0 saturated heterocycles. The minimum absolute atomic E-state index is 0.153. The minimum Gasteiger partial charge on any atom is -0.345 e. The van der Waals surface area contributed by atoms with Gasteiger partial charge in [-0.3, -0.25) is 4.79 Å². The molecule has 1 aromatic carbocycles. The van der Waals surface area contributed by atoms with Crippen molar-refractivity contribution in [3.8, 4) is 0 Å². The number of benzene rings is 1. The molecular formula is C14H13ClN4OS. The van der Waals surface area contributed by atoms with Crippen LogP contribution in [0.4, 0.5) is 5.13 Å². The van der Waals surface area contributed by atoms with Crippen LogP contribution in [-0.4, -0.2) is 21.6 Å². The van der Waals surface area contributed by atoms with Crippen LogP contribution in [0.1, 0.15) is 11.3 Å². The van der Waals surface area contributed by atoms with E-state index in [1.807, 2.05) is 36.2 Å². The quantitative estimate of drug-likeness (QED) is 0.744. The fourth-order valence-electron chi connectivity index (χ4n) is 2.00. The molecule has 0 fully saturated rings. The molecule has 5 nitrogen and oxygen atoms in total. The van der Waals surface area contributed by atoms with Gasteiger partial charge in [-0.15, -0.1) is 5.10 Å². The van der Waals surface area contributed by atoms with Crippen LogP contribution in [0.3, 0.4) is 0 Å². The van der Waals surface area contributed by atoms with Gasteiger partial charge < -0.3 is 4.90 Å². The van der Waals surface area contributed by atoms with E-state index in [4.69, 9.17) is 11.6 Å². The number of aryl methyl sites for hydroxylation is 1. The Hall–Kier alpha value is -1.92. The summed E-state index contributed by atoms with van der Waals surface area (Å²) >= 11 is 7.28. The lowest BCUT2D eigenvalue weighted by molar-refractivity contribution is 0.841. The summed E-state index contributed by atoms with van der Waals surface area (Å²) in [5.74, 6) is 0. The largest absolute Gasteiger partial charge is 0.345 e. The molecule has 0 radical (unpaired) electrons. The molecule has 0 aliphatic carbocycles. The zero-order chi connectivity index (χ0) is 15.0. The average molecular weight is 321 g/mol. The number of fused-ring (bicyclic) bond motifs is 1. The van der Waals surface area contributed by atoms with E-state index < -0.39 is 0 Å². The van der Waals surface area contributed by atoms with Crippen molar-refractivity contribution in [1.29, 1.82) is 0 Å². The highest BCUT2D eigenvalue weighted by Gasteiger charge is 2.11. The number of hydrogen-bond acceptors (Lipinski definition) is 5. The number of halogens is 1. The third-order valence-electron chi connectivity index (χ3n) is 3.02. The van der Waals surface area contributed by atoms with Crippen LogP contribution in [0.15, 0.2) is 35.1 Å². The van der Waals surface area contributed by atoms with Crippen molar-refractivity contribution in [1.82, 2.24) is 14.6 Å². The Morgan fingerprint density at radius 1 is 1.33 bits per heavy atom. The standard InChI is InChI=1S/C14H13ClN4OS/c1-9-7-12(20)19-13(16-9)21-14(17-19)18(2)8-10-3-5-11(15)6-4-10/h3-7H,8H2,1-2H3. The second-order valence-corrected chi connectivity index (χ2v) is 6.17. The van der Waals surface area contributed by atoms with Gasteiger partial charge in [0.25, 0.3) is 5.56 Å². The molecule has 3 rings (SSSR count). The third-order valence-corrected chi connectivity index (χ3v) is 4.30. The monoisotopic (exact) mass is 320 g/mol. The van der Waals surface area contributed by atoms with Crippen molar-refractivity contribution >= 4 is 33.0 Å². The van der Waals surface area contributed by atoms with Gasteiger partial charge in [0.2, 0.25) is 10.1 Å². The van der Waals surface area contributed by atoms with Gasteiger partial charge in [-0.25, -0.2) is 4.98 Å². The van der Waals surface area contributed by atoms with Gasteiger partial charge in [-0.1, -0.05) is 35.1 Å². The smallest absolute Gasteiger partial charge is 0.275 e. The van der Waals surface area contributed by atoms with Gasteiger partial charge in [0.1, 0.15) is 0 Å². The molecule has 0 aliphatic heterocycles. The van der Waals surface area contributed by atoms with Crippen LogP contribution in [-0.2, 0) is 6.54 Å². The molecule has 0 atom stereocenters. The van der Waals surface area contributed by atoms with Gasteiger partial charge >= 0.3 is 0 Å². The van der Waals surface area contributed by atoms with E-state index in [0.29, 0.717) is 22.2 Å². The zero-order valence-electron chi connectivity index (χ0n) is 11.6. The lowest BCUT2D eigenvalue weighted by atomic mass is 10.2. The molecule has 0 bridgehead atoms. The Labute approximate surface area is 130 Å². The molecule has 0 N–H and O–H groups in total. The molecule has 0 unspecified atom stereocenters. The van der Waals surface area contributed by atoms with Crippen LogP contribution in [0.5, 0.6) is 0 Å². The van der Waals surface area contributed by atoms with Crippen molar-refractivity contribution in [2.24, 2.45) is 0 Å². The van der Waals surface area contributed by atoms with Crippen molar-refractivity contribution in [3.05, 3.63) is 57.0 Å². The van der Waals surface area contributed by atoms with Crippen LogP contribution < -0.4 is 10.5 Å². The average Bonchev–Trinajstić information content (AvgIpc) is 2.85. The maximum Gasteiger partial charge on any atom is 0.275 e. The molecule has 0 saturated carbocycles. The fourth-order valence-corrected chi connectivity index (χ4v) is 3.03. The highest BCUT2D eigenvalue weighted by Crippen LogP contribution is 2.22. The van der Waals surface area contributed by atoms with Crippen LogP contribution in [0.2, 0.25) is 5.02 Å². The summed E-state index contributed by atoms with van der Waals surface area (Å²) in [6, 6.07) is 9.15. The Morgan fingerprint density at radius 3 is 2.76 bits per heavy atom. The van der Waals surface area contributed by atoms with Gasteiger partial charge in [-0.2, -0.15) is 4.52 Å². The zero-order valence-corrected chi connectivity index (χ0v) is 13.1. The summed E-state index contributed by atoms with van der Waals surface area (Å²) in [7, 11) is 1.93. The first-order valence-electron chi connectivity index (χ1n) is 6.36. The molecule has 7 heteroatoms. The Bertz CT molecular complexity index is 840. The SMILES string of the molecule is Cc1cc(=O)n2nc(N(C)Cc3ccc(Cl)cc3)sc2n1. The Balaban J connectivity index is 1.91. The van der Waals surface area contributed by atoms with E-state index in [1.54, 1.807) is 6.92 Å². The van der Waals surface area contributed by atoms with E-state index >= 15 is 0 Å². The van der Waals surface area contributed by atoms with Crippen molar-refractivity contribution in [3.63, 3.8) is 0 Å². The summed E-state index contributed by atoms with van der Waals surface area (Å²) in [6.45, 7) is 2.49. The lowest BCUT2D eigenvalue weighted by Gasteiger charge is -2.14. The highest BCUT2D eigenvalue weighted by molar-refractivity contribution is 7.20. The summed E-state index contributed by atoms with van der Waals surface area (Å²) in [6.07, 6.45) is 0. The first-order valence-corrected chi connectivity index (χ1v) is 7.55. The number of anilines is 1. The van der Waals surface area contributed by atoms with E-state index in [9.17, 15) is 4.79 Å². The van der Waals surface area contributed by atoms with Crippen LogP contribution in [0.25, 0.3) is 4.96 Å². The van der Waals surface area contributed by atoms with E-state index in [2.05, 4.69) is 10.1 Å². The second kappa shape index (κ2) is 5.46. The fraction of sp³-hybridized carbons (Fsp3) is 0.214. The lowest BCUT2D eigenvalue weighted by Crippen LogP contribution is -2.18. The molecule has 0 aliphatic rings. The second-order valence-electron chi connectivity index (χ2n) is 4.80. The van der Waals surface area contributed by atoms with Gasteiger partial charge in [0, 0.05) is 30.4 Å². The number of aromatic nitrogens is 3. The maximum absolute atomic E-state index is 11.9. The summed E-state index contributed by atoms with van der Waals surface area (Å²) in [4.78, 5) is 18.8. The Kier molecular flexibility index (Phi) is 3.65. The normalized spacial score (nSPS) is 11.0. The molecule has 3 aromatic rings. The first kappa shape index (κ1) is 14.0. The molecule has 2 aromatic heterocycles. The van der Waals surface area contributed by atoms with Gasteiger partial charge in [-0.05, 0) is 24.6 Å². The van der Waals surface area contributed by atoms with Gasteiger partial charge in [0.15, 0.2) is 0 Å². The van der Waals surface area contributed by atoms with Crippen LogP contribution in [0, 0.1) is 6.92 Å². The summed E-state index contributed by atoms with van der Waals surface area (Å²) < 4.78 is 1.34. The number of hydrogen-bond donors (Lipinski definition) is 0. The molecular weight excluding hydrogens is 308 g/mol. The van der Waals surface area contributed by atoms with Gasteiger partial charge in [0.05, 0.1) is 0 Å².